The molecule has 0 fully saturated rings. The van der Waals surface area contributed by atoms with E-state index >= 15 is 0 Å². The average Bonchev–Trinajstić information content (AvgIpc) is 2.18. The highest BCUT2D eigenvalue weighted by atomic mass is 16.5. The van der Waals surface area contributed by atoms with Gasteiger partial charge in [-0.25, -0.2) is 0 Å². The predicted octanol–water partition coefficient (Wildman–Crippen LogP) is 1.51. The van der Waals surface area contributed by atoms with Crippen LogP contribution in [0.25, 0.3) is 0 Å². The normalized spacial score (nSPS) is 37.7. The van der Waals surface area contributed by atoms with Crippen LogP contribution in [0.15, 0.2) is 12.2 Å². The van der Waals surface area contributed by atoms with Gasteiger partial charge in [-0.2, -0.15) is 0 Å². The van der Waals surface area contributed by atoms with Crippen LogP contribution in [0, 0.1) is 11.8 Å². The van der Waals surface area contributed by atoms with Crippen LogP contribution in [0.3, 0.4) is 0 Å². The minimum absolute atomic E-state index is 0.188. The molecule has 0 radical (unpaired) electrons. The van der Waals surface area contributed by atoms with Gasteiger partial charge >= 0.3 is 5.97 Å². The van der Waals surface area contributed by atoms with E-state index in [0.29, 0.717) is 0 Å². The van der Waals surface area contributed by atoms with Gasteiger partial charge in [-0.3, -0.25) is 4.79 Å². The summed E-state index contributed by atoms with van der Waals surface area (Å²) in [6.07, 6.45) is 3.78. The molecule has 0 bridgehead atoms. The van der Waals surface area contributed by atoms with E-state index < -0.39 is 6.10 Å². The first-order chi connectivity index (χ1) is 6.50. The van der Waals surface area contributed by atoms with Crippen LogP contribution in [0.4, 0.5) is 0 Å². The summed E-state index contributed by atoms with van der Waals surface area (Å²) in [6.45, 7) is 5.44. The second kappa shape index (κ2) is 4.60. The Hall–Kier alpha value is -0.830. The summed E-state index contributed by atoms with van der Waals surface area (Å²) in [5, 5.41) is 9.60. The highest BCUT2D eigenvalue weighted by molar-refractivity contribution is 5.66. The third-order valence-corrected chi connectivity index (χ3v) is 2.69. The van der Waals surface area contributed by atoms with Crippen molar-refractivity contribution >= 4 is 5.97 Å². The van der Waals surface area contributed by atoms with Crippen LogP contribution in [0.5, 0.6) is 0 Å². The van der Waals surface area contributed by atoms with Gasteiger partial charge in [0.25, 0.3) is 0 Å². The number of carbonyl (C=O) groups excluding carboxylic acids is 1. The second-order valence-corrected chi connectivity index (χ2v) is 4.14. The Bertz CT molecular complexity index is 235. The number of carbonyl (C=O) groups is 1. The molecule has 0 heterocycles. The Morgan fingerprint density at radius 2 is 2.00 bits per heavy atom. The van der Waals surface area contributed by atoms with Crippen LogP contribution in [0.1, 0.15) is 27.2 Å². The first-order valence-corrected chi connectivity index (χ1v) is 5.04. The lowest BCUT2D eigenvalue weighted by atomic mass is 9.93. The van der Waals surface area contributed by atoms with Crippen molar-refractivity contribution in [2.45, 2.75) is 39.4 Å². The molecule has 0 aliphatic heterocycles. The summed E-state index contributed by atoms with van der Waals surface area (Å²) in [7, 11) is 0. The number of hydrogen-bond acceptors (Lipinski definition) is 3. The van der Waals surface area contributed by atoms with Crippen molar-refractivity contribution < 1.29 is 14.6 Å². The van der Waals surface area contributed by atoms with Crippen LogP contribution in [0.2, 0.25) is 0 Å². The van der Waals surface area contributed by atoms with E-state index in [0.717, 1.165) is 6.42 Å². The zero-order chi connectivity index (χ0) is 10.7. The van der Waals surface area contributed by atoms with Crippen LogP contribution >= 0.6 is 0 Å². The Morgan fingerprint density at radius 3 is 2.57 bits per heavy atom. The van der Waals surface area contributed by atoms with Gasteiger partial charge < -0.3 is 9.84 Å². The van der Waals surface area contributed by atoms with Crippen LogP contribution in [-0.2, 0) is 9.53 Å². The summed E-state index contributed by atoms with van der Waals surface area (Å²) < 4.78 is 5.14. The lowest BCUT2D eigenvalue weighted by Gasteiger charge is -2.21. The van der Waals surface area contributed by atoms with Gasteiger partial charge in [0.2, 0.25) is 0 Å². The van der Waals surface area contributed by atoms with Crippen LogP contribution < -0.4 is 0 Å². The van der Waals surface area contributed by atoms with E-state index in [1.165, 1.54) is 6.92 Å². The Labute approximate surface area is 84.8 Å². The fourth-order valence-corrected chi connectivity index (χ4v) is 1.81. The van der Waals surface area contributed by atoms with E-state index in [1.807, 2.05) is 13.8 Å². The van der Waals surface area contributed by atoms with Gasteiger partial charge in [0.1, 0.15) is 6.10 Å². The molecule has 1 aliphatic rings. The second-order valence-electron chi connectivity index (χ2n) is 4.14. The Morgan fingerprint density at radius 1 is 1.36 bits per heavy atom. The van der Waals surface area contributed by atoms with Crippen molar-refractivity contribution in [1.29, 1.82) is 0 Å². The SMILES string of the molecule is CC(=O)O[C@H]1C=C[C@@H](O)[C@H](C)C[C@@H]1C. The number of esters is 1. The van der Waals surface area contributed by atoms with Gasteiger partial charge in [0.15, 0.2) is 0 Å². The summed E-state index contributed by atoms with van der Waals surface area (Å²) in [4.78, 5) is 10.8. The molecule has 1 rings (SSSR count). The molecule has 1 aliphatic carbocycles. The molecule has 0 amide bonds. The van der Waals surface area contributed by atoms with Crippen molar-refractivity contribution in [3.05, 3.63) is 12.2 Å². The standard InChI is InChI=1S/C11H18O3/c1-7-6-8(2)11(14-9(3)12)5-4-10(7)13/h4-5,7-8,10-11,13H,6H2,1-3H3/t7-,8+,10-,11+/m1/s1. The van der Waals surface area contributed by atoms with Gasteiger partial charge in [0.05, 0.1) is 6.10 Å². The largest absolute Gasteiger partial charge is 0.458 e. The lowest BCUT2D eigenvalue weighted by Crippen LogP contribution is -2.23. The Kier molecular flexibility index (Phi) is 3.69. The highest BCUT2D eigenvalue weighted by Gasteiger charge is 2.25. The molecule has 0 saturated heterocycles. The van der Waals surface area contributed by atoms with Crippen molar-refractivity contribution in [2.24, 2.45) is 11.8 Å². The lowest BCUT2D eigenvalue weighted by molar-refractivity contribution is -0.146. The number of ether oxygens (including phenoxy) is 1. The highest BCUT2D eigenvalue weighted by Crippen LogP contribution is 2.25. The molecule has 4 atom stereocenters. The van der Waals surface area contributed by atoms with Gasteiger partial charge in [0, 0.05) is 6.92 Å². The van der Waals surface area contributed by atoms with E-state index in [-0.39, 0.29) is 23.9 Å². The van der Waals surface area contributed by atoms with Crippen molar-refractivity contribution in [1.82, 2.24) is 0 Å². The minimum Gasteiger partial charge on any atom is -0.458 e. The molecule has 3 heteroatoms. The number of hydrogen-bond donors (Lipinski definition) is 1. The summed E-state index contributed by atoms with van der Waals surface area (Å²) in [5.41, 5.74) is 0. The Balaban J connectivity index is 2.67. The average molecular weight is 198 g/mol. The molecule has 80 valence electrons. The molecule has 0 aromatic heterocycles. The third-order valence-electron chi connectivity index (χ3n) is 2.69. The molecular weight excluding hydrogens is 180 g/mol. The third kappa shape index (κ3) is 2.84. The molecule has 0 spiro atoms. The molecule has 3 nitrogen and oxygen atoms in total. The maximum Gasteiger partial charge on any atom is 0.303 e. The van der Waals surface area contributed by atoms with E-state index in [4.69, 9.17) is 4.74 Å². The maximum absolute atomic E-state index is 10.8. The number of aliphatic hydroxyl groups is 1. The molecule has 0 unspecified atom stereocenters. The summed E-state index contributed by atoms with van der Waals surface area (Å²) in [6, 6.07) is 0. The first-order valence-electron chi connectivity index (χ1n) is 5.04. The number of aliphatic hydroxyl groups excluding tert-OH is 1. The minimum atomic E-state index is -0.419. The number of rotatable bonds is 1. The molecule has 0 aromatic carbocycles. The summed E-state index contributed by atoms with van der Waals surface area (Å²) >= 11 is 0. The molecule has 1 N–H and O–H groups in total. The van der Waals surface area contributed by atoms with E-state index in [2.05, 4.69) is 0 Å². The van der Waals surface area contributed by atoms with Crippen LogP contribution in [-0.4, -0.2) is 23.3 Å². The van der Waals surface area contributed by atoms with Crippen molar-refractivity contribution in [3.63, 3.8) is 0 Å². The summed E-state index contributed by atoms with van der Waals surface area (Å²) in [5.74, 6) is 0.222. The van der Waals surface area contributed by atoms with Crippen molar-refractivity contribution in [3.8, 4) is 0 Å². The van der Waals surface area contributed by atoms with Gasteiger partial charge in [-0.1, -0.05) is 19.9 Å². The topological polar surface area (TPSA) is 46.5 Å². The smallest absolute Gasteiger partial charge is 0.303 e. The quantitative estimate of drug-likeness (QED) is 0.513. The van der Waals surface area contributed by atoms with Crippen molar-refractivity contribution in [2.75, 3.05) is 0 Å². The van der Waals surface area contributed by atoms with E-state index in [1.54, 1.807) is 12.2 Å². The van der Waals surface area contributed by atoms with Gasteiger partial charge in [-0.15, -0.1) is 0 Å². The van der Waals surface area contributed by atoms with E-state index in [9.17, 15) is 9.90 Å². The molecule has 0 aromatic rings. The predicted molar refractivity (Wildman–Crippen MR) is 53.6 cm³/mol. The zero-order valence-electron chi connectivity index (χ0n) is 8.93. The maximum atomic E-state index is 10.8. The fourth-order valence-electron chi connectivity index (χ4n) is 1.81. The fraction of sp³-hybridized carbons (Fsp3) is 0.727. The molecular formula is C11H18O3. The monoisotopic (exact) mass is 198 g/mol. The molecule has 0 saturated carbocycles. The van der Waals surface area contributed by atoms with Gasteiger partial charge in [-0.05, 0) is 24.3 Å². The molecule has 14 heavy (non-hydrogen) atoms. The zero-order valence-corrected chi connectivity index (χ0v) is 8.93. The first kappa shape index (κ1) is 11.2.